The molecule has 0 aliphatic carbocycles. The first kappa shape index (κ1) is 12.7. The second-order valence-corrected chi connectivity index (χ2v) is 3.25. The van der Waals surface area contributed by atoms with E-state index in [2.05, 4.69) is 17.2 Å². The summed E-state index contributed by atoms with van der Waals surface area (Å²) in [6, 6.07) is 6.00. The van der Waals surface area contributed by atoms with Gasteiger partial charge in [0.1, 0.15) is 6.07 Å². The van der Waals surface area contributed by atoms with E-state index in [-0.39, 0.29) is 11.3 Å². The number of nitriles is 1. The fourth-order valence-electron chi connectivity index (χ4n) is 1.19. The van der Waals surface area contributed by atoms with Crippen LogP contribution in [0.2, 0.25) is 0 Å². The van der Waals surface area contributed by atoms with Crippen molar-refractivity contribution in [2.75, 3.05) is 13.6 Å². The molecule has 0 spiro atoms. The summed E-state index contributed by atoms with van der Waals surface area (Å²) in [6.45, 7) is 0.766. The maximum absolute atomic E-state index is 10.5. The highest BCUT2D eigenvalue weighted by molar-refractivity contribution is 5.53. The van der Waals surface area contributed by atoms with Gasteiger partial charge in [0.2, 0.25) is 0 Å². The van der Waals surface area contributed by atoms with Crippen LogP contribution in [0.1, 0.15) is 17.5 Å². The fraction of sp³-hybridized carbons (Fsp3) is 0.250. The first-order valence-electron chi connectivity index (χ1n) is 5.01. The zero-order valence-electron chi connectivity index (χ0n) is 9.36. The highest BCUT2D eigenvalue weighted by Crippen LogP contribution is 2.16. The van der Waals surface area contributed by atoms with Crippen LogP contribution in [0.15, 0.2) is 18.2 Å². The Morgan fingerprint density at radius 2 is 2.24 bits per heavy atom. The van der Waals surface area contributed by atoms with Crippen LogP contribution in [0.5, 0.6) is 0 Å². The number of hydrogen-bond donors (Lipinski definition) is 1. The summed E-state index contributed by atoms with van der Waals surface area (Å²) in [5.74, 6) is 5.72. The van der Waals surface area contributed by atoms with Crippen molar-refractivity contribution in [1.29, 1.82) is 5.26 Å². The number of non-ortho nitro benzene ring substituents is 1. The van der Waals surface area contributed by atoms with Crippen LogP contribution in [-0.2, 0) is 0 Å². The molecule has 0 heterocycles. The SMILES string of the molecule is CNCCC#Cc1ccc([N+](=O)[O-])cc1C#N. The Morgan fingerprint density at radius 1 is 1.47 bits per heavy atom. The van der Waals surface area contributed by atoms with Crippen molar-refractivity contribution in [3.8, 4) is 17.9 Å². The Labute approximate surface area is 99.2 Å². The van der Waals surface area contributed by atoms with Gasteiger partial charge in [-0.2, -0.15) is 5.26 Å². The van der Waals surface area contributed by atoms with E-state index in [0.717, 1.165) is 6.54 Å². The zero-order valence-corrected chi connectivity index (χ0v) is 9.36. The van der Waals surface area contributed by atoms with E-state index in [0.29, 0.717) is 12.0 Å². The molecule has 0 aromatic heterocycles. The lowest BCUT2D eigenvalue weighted by Gasteiger charge is -1.95. The van der Waals surface area contributed by atoms with Gasteiger partial charge in [0.15, 0.2) is 0 Å². The van der Waals surface area contributed by atoms with Gasteiger partial charge in [-0.3, -0.25) is 10.1 Å². The molecule has 0 bridgehead atoms. The van der Waals surface area contributed by atoms with Gasteiger partial charge < -0.3 is 5.32 Å². The predicted molar refractivity (Wildman–Crippen MR) is 63.2 cm³/mol. The van der Waals surface area contributed by atoms with Gasteiger partial charge >= 0.3 is 0 Å². The van der Waals surface area contributed by atoms with Gasteiger partial charge in [-0.1, -0.05) is 11.8 Å². The summed E-state index contributed by atoms with van der Waals surface area (Å²) < 4.78 is 0. The van der Waals surface area contributed by atoms with Gasteiger partial charge in [-0.25, -0.2) is 0 Å². The molecular weight excluding hydrogens is 218 g/mol. The summed E-state index contributed by atoms with van der Waals surface area (Å²) in [7, 11) is 1.83. The number of hydrogen-bond acceptors (Lipinski definition) is 4. The summed E-state index contributed by atoms with van der Waals surface area (Å²) >= 11 is 0. The summed E-state index contributed by atoms with van der Waals surface area (Å²) in [5.41, 5.74) is 0.660. The Balaban J connectivity index is 2.97. The molecule has 17 heavy (non-hydrogen) atoms. The van der Waals surface area contributed by atoms with Gasteiger partial charge in [-0.15, -0.1) is 0 Å². The van der Waals surface area contributed by atoms with Gasteiger partial charge in [0.25, 0.3) is 5.69 Å². The number of nitro benzene ring substituents is 1. The maximum Gasteiger partial charge on any atom is 0.270 e. The summed E-state index contributed by atoms with van der Waals surface area (Å²) in [4.78, 5) is 10.0. The van der Waals surface area contributed by atoms with E-state index in [9.17, 15) is 10.1 Å². The van der Waals surface area contributed by atoms with Crippen molar-refractivity contribution in [3.05, 3.63) is 39.4 Å². The summed E-state index contributed by atoms with van der Waals surface area (Å²) in [5, 5.41) is 22.4. The van der Waals surface area contributed by atoms with Crippen molar-refractivity contribution < 1.29 is 4.92 Å². The third-order valence-corrected chi connectivity index (χ3v) is 2.06. The molecule has 0 aliphatic rings. The highest BCUT2D eigenvalue weighted by atomic mass is 16.6. The minimum Gasteiger partial charge on any atom is -0.319 e. The van der Waals surface area contributed by atoms with Crippen molar-refractivity contribution >= 4 is 5.69 Å². The second kappa shape index (κ2) is 6.26. The van der Waals surface area contributed by atoms with Gasteiger partial charge in [0, 0.05) is 30.7 Å². The minimum atomic E-state index is -0.529. The third kappa shape index (κ3) is 3.60. The molecule has 5 heteroatoms. The molecule has 0 amide bonds. The molecule has 1 aromatic rings. The first-order chi connectivity index (χ1) is 8.19. The van der Waals surface area contributed by atoms with E-state index in [4.69, 9.17) is 5.26 Å². The number of nitrogens with zero attached hydrogens (tertiary/aromatic N) is 2. The number of nitrogens with one attached hydrogen (secondary N) is 1. The lowest BCUT2D eigenvalue weighted by Crippen LogP contribution is -2.05. The molecule has 0 atom stereocenters. The topological polar surface area (TPSA) is 79.0 Å². The van der Waals surface area contributed by atoms with Gasteiger partial charge in [-0.05, 0) is 13.1 Å². The van der Waals surface area contributed by atoms with Crippen molar-refractivity contribution in [2.45, 2.75) is 6.42 Å². The van der Waals surface area contributed by atoms with Crippen LogP contribution in [-0.4, -0.2) is 18.5 Å². The molecular formula is C12H11N3O2. The lowest BCUT2D eigenvalue weighted by molar-refractivity contribution is -0.384. The largest absolute Gasteiger partial charge is 0.319 e. The second-order valence-electron chi connectivity index (χ2n) is 3.25. The van der Waals surface area contributed by atoms with E-state index < -0.39 is 4.92 Å². The number of nitro groups is 1. The Kier molecular flexibility index (Phi) is 4.68. The molecule has 5 nitrogen and oxygen atoms in total. The highest BCUT2D eigenvalue weighted by Gasteiger charge is 2.08. The molecule has 0 saturated carbocycles. The normalized spacial score (nSPS) is 8.94. The monoisotopic (exact) mass is 229 g/mol. The molecule has 1 N–H and O–H groups in total. The van der Waals surface area contributed by atoms with E-state index in [1.807, 2.05) is 13.1 Å². The number of benzene rings is 1. The van der Waals surface area contributed by atoms with Crippen LogP contribution in [0, 0.1) is 33.3 Å². The average Bonchev–Trinajstić information content (AvgIpc) is 2.34. The third-order valence-electron chi connectivity index (χ3n) is 2.06. The van der Waals surface area contributed by atoms with Crippen LogP contribution < -0.4 is 5.32 Å². The predicted octanol–water partition coefficient (Wildman–Crippen LogP) is 1.43. The van der Waals surface area contributed by atoms with E-state index in [1.165, 1.54) is 18.2 Å². The van der Waals surface area contributed by atoms with Crippen LogP contribution in [0.25, 0.3) is 0 Å². The average molecular weight is 229 g/mol. The maximum atomic E-state index is 10.5. The zero-order chi connectivity index (χ0) is 12.7. The summed E-state index contributed by atoms with van der Waals surface area (Å²) in [6.07, 6.45) is 0.665. The molecule has 0 radical (unpaired) electrons. The molecule has 1 aromatic carbocycles. The van der Waals surface area contributed by atoms with Crippen molar-refractivity contribution in [1.82, 2.24) is 5.32 Å². The van der Waals surface area contributed by atoms with E-state index in [1.54, 1.807) is 0 Å². The standard InChI is InChI=1S/C12H11N3O2/c1-14-7-3-2-4-10-5-6-12(15(16)17)8-11(10)9-13/h5-6,8,14H,3,7H2,1H3. The van der Waals surface area contributed by atoms with Crippen molar-refractivity contribution in [2.24, 2.45) is 0 Å². The van der Waals surface area contributed by atoms with Crippen LogP contribution >= 0.6 is 0 Å². The Bertz CT molecular complexity index is 521. The Hall–Kier alpha value is -2.37. The van der Waals surface area contributed by atoms with Crippen LogP contribution in [0.4, 0.5) is 5.69 Å². The Morgan fingerprint density at radius 3 is 2.82 bits per heavy atom. The molecule has 0 unspecified atom stereocenters. The lowest BCUT2D eigenvalue weighted by atomic mass is 10.1. The quantitative estimate of drug-likeness (QED) is 0.368. The smallest absolute Gasteiger partial charge is 0.270 e. The number of rotatable bonds is 3. The molecule has 1 rings (SSSR count). The van der Waals surface area contributed by atoms with E-state index >= 15 is 0 Å². The molecule has 0 fully saturated rings. The fourth-order valence-corrected chi connectivity index (χ4v) is 1.19. The molecule has 86 valence electrons. The minimum absolute atomic E-state index is 0.0951. The van der Waals surface area contributed by atoms with Gasteiger partial charge in [0.05, 0.1) is 10.5 Å². The van der Waals surface area contributed by atoms with Crippen molar-refractivity contribution in [3.63, 3.8) is 0 Å². The first-order valence-corrected chi connectivity index (χ1v) is 5.01. The molecule has 0 aliphatic heterocycles. The van der Waals surface area contributed by atoms with Crippen LogP contribution in [0.3, 0.4) is 0 Å². The molecule has 0 saturated heterocycles.